The first kappa shape index (κ1) is 9.16. The molecular weight excluding hydrogens is 196 g/mol. The summed E-state index contributed by atoms with van der Waals surface area (Å²) in [5, 5.41) is 0.441. The predicted octanol–water partition coefficient (Wildman–Crippen LogP) is 3.11. The number of benzene rings is 1. The van der Waals surface area contributed by atoms with Crippen molar-refractivity contribution < 1.29 is 0 Å². The van der Waals surface area contributed by atoms with Crippen molar-refractivity contribution in [3.8, 4) is 11.3 Å². The Hall–Kier alpha value is -1.41. The Morgan fingerprint density at radius 2 is 1.64 bits per heavy atom. The van der Waals surface area contributed by atoms with Crippen LogP contribution in [0.2, 0.25) is 5.15 Å². The zero-order chi connectivity index (χ0) is 9.97. The second-order valence-corrected chi connectivity index (χ2v) is 3.42. The zero-order valence-corrected chi connectivity index (χ0v) is 8.49. The van der Waals surface area contributed by atoms with E-state index in [2.05, 4.69) is 9.97 Å². The lowest BCUT2D eigenvalue weighted by Crippen LogP contribution is -1.86. The van der Waals surface area contributed by atoms with Crippen molar-refractivity contribution in [1.29, 1.82) is 0 Å². The van der Waals surface area contributed by atoms with E-state index in [1.807, 2.05) is 31.2 Å². The monoisotopic (exact) mass is 204 g/mol. The number of halogens is 1. The van der Waals surface area contributed by atoms with Crippen LogP contribution in [-0.4, -0.2) is 9.97 Å². The predicted molar refractivity (Wildman–Crippen MR) is 57.2 cm³/mol. The molecule has 0 unspecified atom stereocenters. The van der Waals surface area contributed by atoms with Gasteiger partial charge in [0.05, 0.1) is 0 Å². The molecule has 1 aromatic heterocycles. The summed E-state index contributed by atoms with van der Waals surface area (Å²) in [7, 11) is 0. The lowest BCUT2D eigenvalue weighted by atomic mass is 10.1. The summed E-state index contributed by atoms with van der Waals surface area (Å²) >= 11 is 5.92. The minimum atomic E-state index is 0.441. The fourth-order valence-corrected chi connectivity index (χ4v) is 1.44. The van der Waals surface area contributed by atoms with Gasteiger partial charge in [-0.15, -0.1) is 0 Å². The van der Waals surface area contributed by atoms with Gasteiger partial charge in [-0.05, 0) is 6.92 Å². The van der Waals surface area contributed by atoms with Gasteiger partial charge in [0.25, 0.3) is 0 Å². The molecule has 2 aromatic rings. The smallest absolute Gasteiger partial charge is 0.155 e. The van der Waals surface area contributed by atoms with Crippen LogP contribution in [-0.2, 0) is 0 Å². The molecule has 3 heteroatoms. The maximum Gasteiger partial charge on any atom is 0.155 e. The highest BCUT2D eigenvalue weighted by molar-refractivity contribution is 6.31. The van der Waals surface area contributed by atoms with Crippen molar-refractivity contribution in [2.75, 3.05) is 0 Å². The molecule has 0 aliphatic heterocycles. The van der Waals surface area contributed by atoms with Crippen LogP contribution in [0.25, 0.3) is 11.3 Å². The molecule has 0 saturated carbocycles. The maximum absolute atomic E-state index is 5.92. The SMILES string of the molecule is Cc1ccc(-c2nccnc2Cl)cc1. The molecule has 1 aromatic carbocycles. The van der Waals surface area contributed by atoms with Gasteiger partial charge in [0.1, 0.15) is 5.69 Å². The molecule has 14 heavy (non-hydrogen) atoms. The van der Waals surface area contributed by atoms with Crippen LogP contribution >= 0.6 is 11.6 Å². The maximum atomic E-state index is 5.92. The molecule has 0 saturated heterocycles. The third-order valence-corrected chi connectivity index (χ3v) is 2.26. The van der Waals surface area contributed by atoms with Crippen LogP contribution < -0.4 is 0 Å². The van der Waals surface area contributed by atoms with Gasteiger partial charge in [0.15, 0.2) is 5.15 Å². The van der Waals surface area contributed by atoms with Gasteiger partial charge in [-0.3, -0.25) is 4.98 Å². The van der Waals surface area contributed by atoms with E-state index >= 15 is 0 Å². The molecule has 0 amide bonds. The summed E-state index contributed by atoms with van der Waals surface area (Å²) in [4.78, 5) is 8.16. The number of aryl methyl sites for hydroxylation is 1. The Morgan fingerprint density at radius 3 is 2.29 bits per heavy atom. The molecular formula is C11H9ClN2. The summed E-state index contributed by atoms with van der Waals surface area (Å²) in [6.45, 7) is 2.04. The molecule has 2 nitrogen and oxygen atoms in total. The molecule has 0 spiro atoms. The molecule has 0 fully saturated rings. The molecule has 0 aliphatic carbocycles. The Labute approximate surface area is 87.6 Å². The minimum Gasteiger partial charge on any atom is -0.251 e. The summed E-state index contributed by atoms with van der Waals surface area (Å²) in [5.74, 6) is 0. The lowest BCUT2D eigenvalue weighted by molar-refractivity contribution is 1.20. The molecule has 70 valence electrons. The first-order valence-electron chi connectivity index (χ1n) is 4.31. The van der Waals surface area contributed by atoms with Crippen LogP contribution in [0.3, 0.4) is 0 Å². The standard InChI is InChI=1S/C11H9ClN2/c1-8-2-4-9(5-3-8)10-11(12)14-7-6-13-10/h2-7H,1H3. The summed E-state index contributed by atoms with van der Waals surface area (Å²) < 4.78 is 0. The van der Waals surface area contributed by atoms with Crippen LogP contribution in [0.5, 0.6) is 0 Å². The van der Waals surface area contributed by atoms with E-state index in [9.17, 15) is 0 Å². The molecule has 0 bridgehead atoms. The van der Waals surface area contributed by atoms with Gasteiger partial charge in [-0.25, -0.2) is 4.98 Å². The van der Waals surface area contributed by atoms with Gasteiger partial charge in [-0.2, -0.15) is 0 Å². The van der Waals surface area contributed by atoms with E-state index in [0.29, 0.717) is 5.15 Å². The van der Waals surface area contributed by atoms with Crippen LogP contribution in [0.4, 0.5) is 0 Å². The Morgan fingerprint density at radius 1 is 1.00 bits per heavy atom. The average molecular weight is 205 g/mol. The highest BCUT2D eigenvalue weighted by Gasteiger charge is 2.03. The Balaban J connectivity index is 2.50. The molecule has 0 atom stereocenters. The van der Waals surface area contributed by atoms with Crippen molar-refractivity contribution in [3.63, 3.8) is 0 Å². The fourth-order valence-electron chi connectivity index (χ4n) is 1.23. The summed E-state index contributed by atoms with van der Waals surface area (Å²) in [6.07, 6.45) is 3.22. The third kappa shape index (κ3) is 1.75. The average Bonchev–Trinajstić information content (AvgIpc) is 2.20. The normalized spacial score (nSPS) is 10.1. The van der Waals surface area contributed by atoms with E-state index in [4.69, 9.17) is 11.6 Å². The van der Waals surface area contributed by atoms with Gasteiger partial charge < -0.3 is 0 Å². The van der Waals surface area contributed by atoms with E-state index in [0.717, 1.165) is 11.3 Å². The number of hydrogen-bond donors (Lipinski definition) is 0. The Bertz CT molecular complexity index is 437. The molecule has 0 aliphatic rings. The van der Waals surface area contributed by atoms with Crippen LogP contribution in [0.1, 0.15) is 5.56 Å². The van der Waals surface area contributed by atoms with Gasteiger partial charge in [-0.1, -0.05) is 41.4 Å². The molecule has 0 radical (unpaired) electrons. The van der Waals surface area contributed by atoms with Crippen molar-refractivity contribution in [2.24, 2.45) is 0 Å². The van der Waals surface area contributed by atoms with E-state index in [1.165, 1.54) is 5.56 Å². The highest BCUT2D eigenvalue weighted by atomic mass is 35.5. The zero-order valence-electron chi connectivity index (χ0n) is 7.74. The topological polar surface area (TPSA) is 25.8 Å². The van der Waals surface area contributed by atoms with Crippen molar-refractivity contribution in [2.45, 2.75) is 6.92 Å². The number of rotatable bonds is 1. The second-order valence-electron chi connectivity index (χ2n) is 3.06. The largest absolute Gasteiger partial charge is 0.251 e. The lowest BCUT2D eigenvalue weighted by Gasteiger charge is -2.01. The van der Waals surface area contributed by atoms with E-state index in [1.54, 1.807) is 12.4 Å². The second kappa shape index (κ2) is 3.76. The van der Waals surface area contributed by atoms with Gasteiger partial charge in [0, 0.05) is 18.0 Å². The van der Waals surface area contributed by atoms with Gasteiger partial charge in [0.2, 0.25) is 0 Å². The minimum absolute atomic E-state index is 0.441. The van der Waals surface area contributed by atoms with Gasteiger partial charge >= 0.3 is 0 Å². The quantitative estimate of drug-likeness (QED) is 0.714. The molecule has 0 N–H and O–H groups in total. The molecule has 1 heterocycles. The van der Waals surface area contributed by atoms with Crippen molar-refractivity contribution in [1.82, 2.24) is 9.97 Å². The first-order chi connectivity index (χ1) is 6.77. The van der Waals surface area contributed by atoms with Crippen molar-refractivity contribution in [3.05, 3.63) is 47.4 Å². The van der Waals surface area contributed by atoms with Crippen molar-refractivity contribution >= 4 is 11.6 Å². The summed E-state index contributed by atoms with van der Waals surface area (Å²) in [5.41, 5.74) is 2.94. The van der Waals surface area contributed by atoms with E-state index < -0.39 is 0 Å². The van der Waals surface area contributed by atoms with Crippen LogP contribution in [0.15, 0.2) is 36.7 Å². The van der Waals surface area contributed by atoms with Crippen LogP contribution in [0, 0.1) is 6.92 Å². The Kier molecular flexibility index (Phi) is 2.46. The molecule has 2 rings (SSSR count). The third-order valence-electron chi connectivity index (χ3n) is 1.98. The summed E-state index contributed by atoms with van der Waals surface area (Å²) in [6, 6.07) is 8.04. The number of hydrogen-bond acceptors (Lipinski definition) is 2. The number of nitrogens with zero attached hydrogens (tertiary/aromatic N) is 2. The first-order valence-corrected chi connectivity index (χ1v) is 4.69. The number of aromatic nitrogens is 2. The fraction of sp³-hybridized carbons (Fsp3) is 0.0909. The van der Waals surface area contributed by atoms with E-state index in [-0.39, 0.29) is 0 Å². The highest BCUT2D eigenvalue weighted by Crippen LogP contribution is 2.22.